The molecule has 46 heavy (non-hydrogen) atoms. The average molecular weight is 616 g/mol. The molecule has 0 atom stereocenters. The van der Waals surface area contributed by atoms with Crippen molar-refractivity contribution in [1.29, 1.82) is 0 Å². The van der Waals surface area contributed by atoms with Crippen molar-refractivity contribution >= 4 is 29.5 Å². The Balaban J connectivity index is 1.22. The molecule has 0 saturated heterocycles. The molecule has 11 heteroatoms. The quantitative estimate of drug-likeness (QED) is 0.175. The van der Waals surface area contributed by atoms with Crippen molar-refractivity contribution in [3.63, 3.8) is 0 Å². The van der Waals surface area contributed by atoms with E-state index >= 15 is 0 Å². The topological polar surface area (TPSA) is 132 Å². The Bertz CT molecular complexity index is 2000. The molecule has 3 amide bonds. The molecule has 1 aliphatic rings. The van der Waals surface area contributed by atoms with Crippen LogP contribution in [0.2, 0.25) is 0 Å². The first kappa shape index (κ1) is 30.1. The number of nitrogens with one attached hydrogen (secondary N) is 3. The Hall–Kier alpha value is -5.97. The lowest BCUT2D eigenvalue weighted by Crippen LogP contribution is -2.21. The van der Waals surface area contributed by atoms with Gasteiger partial charge in [-0.25, -0.2) is 14.3 Å². The second-order valence-corrected chi connectivity index (χ2v) is 12.0. The number of benzene rings is 3. The van der Waals surface area contributed by atoms with Gasteiger partial charge in [-0.1, -0.05) is 63.7 Å². The SMILES string of the molecule is C=C(C)OC(=O)n1cc(-c2cccc(-n3nc(C(C)(C)C)cc3NC(=O)Nc3ccc(-c4cccc5c4CNC5=O)cc3)c2)cn1. The fraction of sp³-hybridized carbons (Fsp3) is 0.171. The van der Waals surface area contributed by atoms with Crippen molar-refractivity contribution in [2.24, 2.45) is 0 Å². The van der Waals surface area contributed by atoms with Gasteiger partial charge in [0, 0.05) is 41.0 Å². The summed E-state index contributed by atoms with van der Waals surface area (Å²) in [4.78, 5) is 37.6. The Morgan fingerprint density at radius 2 is 1.67 bits per heavy atom. The first-order chi connectivity index (χ1) is 22.0. The minimum atomic E-state index is -0.652. The minimum absolute atomic E-state index is 0.0654. The molecule has 0 bridgehead atoms. The molecule has 232 valence electrons. The normalized spacial score (nSPS) is 12.3. The Labute approximate surface area is 265 Å². The van der Waals surface area contributed by atoms with E-state index in [0.717, 1.165) is 32.6 Å². The van der Waals surface area contributed by atoms with Gasteiger partial charge >= 0.3 is 12.1 Å². The van der Waals surface area contributed by atoms with Crippen LogP contribution < -0.4 is 16.0 Å². The molecule has 0 aliphatic carbocycles. The molecular weight excluding hydrogens is 582 g/mol. The van der Waals surface area contributed by atoms with Crippen molar-refractivity contribution < 1.29 is 19.1 Å². The highest BCUT2D eigenvalue weighted by Crippen LogP contribution is 2.31. The van der Waals surface area contributed by atoms with Crippen molar-refractivity contribution in [3.8, 4) is 27.9 Å². The molecule has 3 N–H and O–H groups in total. The van der Waals surface area contributed by atoms with E-state index in [4.69, 9.17) is 9.84 Å². The molecule has 0 fully saturated rings. The van der Waals surface area contributed by atoms with E-state index in [-0.39, 0.29) is 17.1 Å². The number of fused-ring (bicyclic) bond motifs is 1. The molecule has 1 aliphatic heterocycles. The van der Waals surface area contributed by atoms with Crippen LogP contribution in [0.4, 0.5) is 21.1 Å². The highest BCUT2D eigenvalue weighted by molar-refractivity contribution is 6.01. The molecule has 5 aromatic rings. The van der Waals surface area contributed by atoms with E-state index < -0.39 is 12.1 Å². The molecule has 2 aromatic heterocycles. The van der Waals surface area contributed by atoms with Gasteiger partial charge in [0.15, 0.2) is 0 Å². The lowest BCUT2D eigenvalue weighted by atomic mass is 9.92. The molecule has 0 saturated carbocycles. The number of allylic oxidation sites excluding steroid dienone is 1. The highest BCUT2D eigenvalue weighted by Gasteiger charge is 2.23. The van der Waals surface area contributed by atoms with Gasteiger partial charge in [-0.05, 0) is 59.5 Å². The van der Waals surface area contributed by atoms with Crippen molar-refractivity contribution in [1.82, 2.24) is 24.9 Å². The van der Waals surface area contributed by atoms with E-state index in [0.29, 0.717) is 34.9 Å². The Morgan fingerprint density at radius 1 is 0.935 bits per heavy atom. The molecule has 0 radical (unpaired) electrons. The van der Waals surface area contributed by atoms with Gasteiger partial charge in [0.05, 0.1) is 23.3 Å². The predicted molar refractivity (Wildman–Crippen MR) is 176 cm³/mol. The van der Waals surface area contributed by atoms with Crippen molar-refractivity contribution in [2.75, 3.05) is 10.6 Å². The lowest BCUT2D eigenvalue weighted by Gasteiger charge is -2.14. The monoisotopic (exact) mass is 615 g/mol. The first-order valence-corrected chi connectivity index (χ1v) is 14.7. The maximum Gasteiger partial charge on any atom is 0.439 e. The zero-order valence-corrected chi connectivity index (χ0v) is 25.9. The van der Waals surface area contributed by atoms with E-state index in [9.17, 15) is 14.4 Å². The van der Waals surface area contributed by atoms with Gasteiger partial charge in [0.25, 0.3) is 5.91 Å². The van der Waals surface area contributed by atoms with E-state index in [1.807, 2.05) is 93.6 Å². The molecule has 3 heterocycles. The fourth-order valence-corrected chi connectivity index (χ4v) is 5.15. The largest absolute Gasteiger partial charge is 0.439 e. The maximum atomic E-state index is 13.2. The summed E-state index contributed by atoms with van der Waals surface area (Å²) in [7, 11) is 0. The number of carbonyl (C=O) groups is 3. The fourth-order valence-electron chi connectivity index (χ4n) is 5.15. The van der Waals surface area contributed by atoms with Crippen LogP contribution in [0.25, 0.3) is 27.9 Å². The van der Waals surface area contributed by atoms with Crippen molar-refractivity contribution in [2.45, 2.75) is 39.7 Å². The molecule has 0 spiro atoms. The number of anilines is 2. The Kier molecular flexibility index (Phi) is 7.74. The van der Waals surface area contributed by atoms with Crippen LogP contribution >= 0.6 is 0 Å². The van der Waals surface area contributed by atoms with Gasteiger partial charge in [0.1, 0.15) is 5.82 Å². The smallest absolute Gasteiger partial charge is 0.414 e. The summed E-state index contributed by atoms with van der Waals surface area (Å²) in [5.74, 6) is 0.684. The summed E-state index contributed by atoms with van der Waals surface area (Å²) in [5, 5.41) is 17.7. The van der Waals surface area contributed by atoms with E-state index in [1.165, 1.54) is 0 Å². The number of amides is 3. The lowest BCUT2D eigenvalue weighted by molar-refractivity contribution is 0.0965. The van der Waals surface area contributed by atoms with E-state index in [1.54, 1.807) is 24.0 Å². The van der Waals surface area contributed by atoms with Crippen LogP contribution in [-0.4, -0.2) is 37.6 Å². The summed E-state index contributed by atoms with van der Waals surface area (Å²) in [6.45, 7) is 11.8. The van der Waals surface area contributed by atoms with Crippen LogP contribution in [0.3, 0.4) is 0 Å². The number of hydrogen-bond acceptors (Lipinski definition) is 6. The number of rotatable bonds is 6. The van der Waals surface area contributed by atoms with Gasteiger partial charge in [-0.3, -0.25) is 10.1 Å². The molecule has 11 nitrogen and oxygen atoms in total. The van der Waals surface area contributed by atoms with E-state index in [2.05, 4.69) is 27.6 Å². The zero-order chi connectivity index (χ0) is 32.6. The van der Waals surface area contributed by atoms with Gasteiger partial charge < -0.3 is 15.4 Å². The Morgan fingerprint density at radius 3 is 2.41 bits per heavy atom. The van der Waals surface area contributed by atoms with Crippen LogP contribution in [0.15, 0.2) is 97.5 Å². The average Bonchev–Trinajstić information content (AvgIpc) is 3.76. The standard InChI is InChI=1S/C35H33N7O4/c1-21(2)46-34(45)41-20-24(18-37-41)23-8-6-9-26(16-23)42-31(17-30(40-42)35(3,4)5)39-33(44)38-25-14-12-22(13-15-25)27-10-7-11-28-29(27)19-36-32(28)43/h6-18,20H,1,19H2,2-5H3,(H,36,43)(H2,38,39,44). The van der Waals surface area contributed by atoms with Gasteiger partial charge in [0.2, 0.25) is 0 Å². The molecule has 3 aromatic carbocycles. The van der Waals surface area contributed by atoms with Crippen LogP contribution in [0.5, 0.6) is 0 Å². The summed E-state index contributed by atoms with van der Waals surface area (Å²) >= 11 is 0. The second kappa shape index (κ2) is 11.8. The summed E-state index contributed by atoms with van der Waals surface area (Å²) in [6, 6.07) is 22.1. The summed E-state index contributed by atoms with van der Waals surface area (Å²) in [6.07, 6.45) is 2.50. The molecule has 0 unspecified atom stereocenters. The molecular formula is C35H33N7O4. The third-order valence-corrected chi connectivity index (χ3v) is 7.47. The predicted octanol–water partition coefficient (Wildman–Crippen LogP) is 7.11. The number of ether oxygens (including phenoxy) is 1. The van der Waals surface area contributed by atoms with Crippen LogP contribution in [-0.2, 0) is 16.7 Å². The van der Waals surface area contributed by atoms with Crippen LogP contribution in [0.1, 0.15) is 49.3 Å². The number of nitrogens with zero attached hydrogens (tertiary/aromatic N) is 4. The number of hydrogen-bond donors (Lipinski definition) is 3. The number of carbonyl (C=O) groups excluding carboxylic acids is 3. The maximum absolute atomic E-state index is 13.2. The highest BCUT2D eigenvalue weighted by atomic mass is 16.6. The minimum Gasteiger partial charge on any atom is -0.414 e. The number of urea groups is 1. The van der Waals surface area contributed by atoms with Crippen LogP contribution in [0, 0.1) is 0 Å². The van der Waals surface area contributed by atoms with Gasteiger partial charge in [-0.2, -0.15) is 14.9 Å². The third kappa shape index (κ3) is 6.16. The van der Waals surface area contributed by atoms with Gasteiger partial charge in [-0.15, -0.1) is 0 Å². The summed E-state index contributed by atoms with van der Waals surface area (Å²) in [5.41, 5.74) is 6.89. The second-order valence-electron chi connectivity index (χ2n) is 12.0. The molecule has 6 rings (SSSR count). The zero-order valence-electron chi connectivity index (χ0n) is 25.9. The summed E-state index contributed by atoms with van der Waals surface area (Å²) < 4.78 is 7.83. The number of aromatic nitrogens is 4. The first-order valence-electron chi connectivity index (χ1n) is 14.7. The third-order valence-electron chi connectivity index (χ3n) is 7.47. The van der Waals surface area contributed by atoms with Crippen molar-refractivity contribution in [3.05, 3.63) is 114 Å².